The lowest BCUT2D eigenvalue weighted by molar-refractivity contribution is 0.0344. The Morgan fingerprint density at radius 2 is 2.13 bits per heavy atom. The molecule has 0 amide bonds. The third-order valence-electron chi connectivity index (χ3n) is 7.85. The van der Waals surface area contributed by atoms with Gasteiger partial charge in [0, 0.05) is 36.2 Å². The van der Waals surface area contributed by atoms with Crippen LogP contribution in [0.2, 0.25) is 0 Å². The Bertz CT molecular complexity index is 646. The number of aliphatic hydroxyl groups excluding tert-OH is 1. The molecule has 3 heteroatoms. The molecule has 3 nitrogen and oxygen atoms in total. The number of nitrogens with one attached hydrogen (secondary N) is 1. The van der Waals surface area contributed by atoms with E-state index in [9.17, 15) is 5.11 Å². The average Bonchev–Trinajstić information content (AvgIpc) is 2.94. The summed E-state index contributed by atoms with van der Waals surface area (Å²) in [5.74, 6) is 1.79. The van der Waals surface area contributed by atoms with E-state index in [2.05, 4.69) is 55.4 Å². The van der Waals surface area contributed by atoms with Gasteiger partial charge in [0.1, 0.15) is 0 Å². The highest BCUT2D eigenvalue weighted by atomic mass is 16.3. The number of rotatable bonds is 2. The lowest BCUT2D eigenvalue weighted by Gasteiger charge is -2.49. The second-order valence-electron chi connectivity index (χ2n) is 8.50. The minimum Gasteiger partial charge on any atom is -0.392 e. The molecule has 2 N–H and O–H groups in total. The summed E-state index contributed by atoms with van der Waals surface area (Å²) >= 11 is 0. The van der Waals surface area contributed by atoms with Gasteiger partial charge in [0.2, 0.25) is 0 Å². The van der Waals surface area contributed by atoms with Crippen LogP contribution < -0.4 is 10.2 Å². The van der Waals surface area contributed by atoms with Gasteiger partial charge in [0.15, 0.2) is 0 Å². The summed E-state index contributed by atoms with van der Waals surface area (Å²) in [6.45, 7) is 4.69. The van der Waals surface area contributed by atoms with Crippen molar-refractivity contribution < 1.29 is 5.11 Å². The van der Waals surface area contributed by atoms with E-state index in [1.165, 1.54) is 24.1 Å². The van der Waals surface area contributed by atoms with E-state index in [1.54, 1.807) is 0 Å². The van der Waals surface area contributed by atoms with Crippen LogP contribution in [0.4, 0.5) is 5.69 Å². The van der Waals surface area contributed by atoms with Gasteiger partial charge >= 0.3 is 0 Å². The molecular weight excluding hydrogens is 284 g/mol. The summed E-state index contributed by atoms with van der Waals surface area (Å²) in [4.78, 5) is 2.47. The zero-order valence-electron chi connectivity index (χ0n) is 14.4. The van der Waals surface area contributed by atoms with Crippen LogP contribution in [-0.2, 0) is 5.41 Å². The first kappa shape index (κ1) is 14.3. The van der Waals surface area contributed by atoms with Crippen molar-refractivity contribution in [2.24, 2.45) is 17.8 Å². The molecule has 1 aromatic rings. The number of para-hydroxylation sites is 1. The van der Waals surface area contributed by atoms with E-state index in [-0.39, 0.29) is 11.5 Å². The summed E-state index contributed by atoms with van der Waals surface area (Å²) in [6, 6.07) is 10.2. The number of piperidine rings is 2. The van der Waals surface area contributed by atoms with Crippen molar-refractivity contribution >= 4 is 5.69 Å². The first-order chi connectivity index (χ1) is 11.1. The van der Waals surface area contributed by atoms with E-state index < -0.39 is 0 Å². The monoisotopic (exact) mass is 312 g/mol. The molecule has 0 aromatic heterocycles. The third kappa shape index (κ3) is 1.49. The number of hydrogen-bond acceptors (Lipinski definition) is 3. The van der Waals surface area contributed by atoms with Crippen LogP contribution in [0.3, 0.4) is 0 Å². The Morgan fingerprint density at radius 1 is 1.35 bits per heavy atom. The highest BCUT2D eigenvalue weighted by molar-refractivity contribution is 5.67. The third-order valence-corrected chi connectivity index (χ3v) is 7.85. The SMILES string of the molecule is CC[C@@H](C)[C@@H]1C[C@@H]2N[C@H]3C[C@]4(c5ccccc5N(C)[C@@H]24)C(O)[C@@H]13. The van der Waals surface area contributed by atoms with Crippen LogP contribution >= 0.6 is 0 Å². The van der Waals surface area contributed by atoms with E-state index in [0.717, 1.165) is 6.42 Å². The van der Waals surface area contributed by atoms with Gasteiger partial charge in [-0.3, -0.25) is 0 Å². The van der Waals surface area contributed by atoms with Crippen LogP contribution in [-0.4, -0.2) is 36.4 Å². The van der Waals surface area contributed by atoms with Gasteiger partial charge in [-0.1, -0.05) is 38.5 Å². The number of likely N-dealkylation sites (N-methyl/N-ethyl adjacent to an activating group) is 1. The van der Waals surface area contributed by atoms with E-state index in [1.807, 2.05) is 0 Å². The van der Waals surface area contributed by atoms with Crippen molar-refractivity contribution in [1.82, 2.24) is 5.32 Å². The molecule has 23 heavy (non-hydrogen) atoms. The van der Waals surface area contributed by atoms with Crippen molar-refractivity contribution in [3.8, 4) is 0 Å². The molecule has 1 unspecified atom stereocenters. The molecule has 1 spiro atoms. The maximum absolute atomic E-state index is 11.6. The van der Waals surface area contributed by atoms with Gasteiger partial charge in [-0.15, -0.1) is 0 Å². The first-order valence-electron chi connectivity index (χ1n) is 9.36. The van der Waals surface area contributed by atoms with Crippen molar-refractivity contribution in [3.63, 3.8) is 0 Å². The van der Waals surface area contributed by atoms with Gasteiger partial charge in [0.25, 0.3) is 0 Å². The van der Waals surface area contributed by atoms with E-state index >= 15 is 0 Å². The molecule has 124 valence electrons. The molecule has 2 saturated heterocycles. The average molecular weight is 312 g/mol. The Hall–Kier alpha value is -1.06. The summed E-state index contributed by atoms with van der Waals surface area (Å²) < 4.78 is 0. The molecule has 3 heterocycles. The second kappa shape index (κ2) is 4.52. The van der Waals surface area contributed by atoms with Crippen molar-refractivity contribution in [2.45, 2.75) is 62.8 Å². The highest BCUT2D eigenvalue weighted by Crippen LogP contribution is 2.63. The summed E-state index contributed by atoms with van der Waals surface area (Å²) in [7, 11) is 2.23. The number of anilines is 1. The lowest BCUT2D eigenvalue weighted by Crippen LogP contribution is -2.64. The number of fused-ring (bicyclic) bond motifs is 3. The molecule has 1 saturated carbocycles. The molecule has 3 aliphatic heterocycles. The molecule has 3 bridgehead atoms. The molecular formula is C20H28N2O. The zero-order valence-corrected chi connectivity index (χ0v) is 14.4. The van der Waals surface area contributed by atoms with Crippen LogP contribution in [0, 0.1) is 17.8 Å². The summed E-state index contributed by atoms with van der Waals surface area (Å²) in [5.41, 5.74) is 2.70. The Kier molecular flexibility index (Phi) is 2.81. The van der Waals surface area contributed by atoms with E-state index in [4.69, 9.17) is 0 Å². The number of benzene rings is 1. The Labute approximate surface area is 139 Å². The molecule has 0 radical (unpaired) electrons. The fraction of sp³-hybridized carbons (Fsp3) is 0.700. The van der Waals surface area contributed by atoms with Crippen LogP contribution in [0.25, 0.3) is 0 Å². The minimum atomic E-state index is -0.206. The van der Waals surface area contributed by atoms with Gasteiger partial charge in [0.05, 0.1) is 12.1 Å². The molecule has 3 fully saturated rings. The lowest BCUT2D eigenvalue weighted by atomic mass is 9.68. The highest BCUT2D eigenvalue weighted by Gasteiger charge is 2.70. The molecule has 1 aliphatic carbocycles. The molecule has 5 rings (SSSR count). The largest absolute Gasteiger partial charge is 0.392 e. The predicted octanol–water partition coefficient (Wildman–Crippen LogP) is 2.53. The maximum Gasteiger partial charge on any atom is 0.0704 e. The Morgan fingerprint density at radius 3 is 2.91 bits per heavy atom. The van der Waals surface area contributed by atoms with Gasteiger partial charge < -0.3 is 15.3 Å². The molecule has 1 aromatic carbocycles. The maximum atomic E-state index is 11.6. The fourth-order valence-electron chi connectivity index (χ4n) is 6.84. The summed E-state index contributed by atoms with van der Waals surface area (Å²) in [5, 5.41) is 15.5. The summed E-state index contributed by atoms with van der Waals surface area (Å²) in [6.07, 6.45) is 3.34. The van der Waals surface area contributed by atoms with Gasteiger partial charge in [-0.25, -0.2) is 0 Å². The minimum absolute atomic E-state index is 0.0429. The van der Waals surface area contributed by atoms with Crippen molar-refractivity contribution in [3.05, 3.63) is 29.8 Å². The van der Waals surface area contributed by atoms with Gasteiger partial charge in [-0.2, -0.15) is 0 Å². The first-order valence-corrected chi connectivity index (χ1v) is 9.36. The second-order valence-corrected chi connectivity index (χ2v) is 8.50. The standard InChI is InChI=1S/C20H28N2O/c1-4-11(2)12-9-14-18-20(10-15(21-14)17(12)19(20)23)13-7-5-6-8-16(13)22(18)3/h5-8,11-12,14-15,17-19,21,23H,4,9-10H2,1-3H3/t11-,12+,14+,15+,17+,18+,19?,20-/m1/s1. The molecule has 4 aliphatic rings. The van der Waals surface area contributed by atoms with Crippen LogP contribution in [0.1, 0.15) is 38.7 Å². The normalized spacial score (nSPS) is 47.6. The smallest absolute Gasteiger partial charge is 0.0704 e. The zero-order chi connectivity index (χ0) is 15.9. The number of aliphatic hydroxyl groups is 1. The topological polar surface area (TPSA) is 35.5 Å². The Balaban J connectivity index is 1.69. The quantitative estimate of drug-likeness (QED) is 0.881. The number of hydrogen-bond donors (Lipinski definition) is 2. The van der Waals surface area contributed by atoms with Crippen LogP contribution in [0.15, 0.2) is 24.3 Å². The number of nitrogens with zero attached hydrogens (tertiary/aromatic N) is 1. The van der Waals surface area contributed by atoms with Crippen molar-refractivity contribution in [1.29, 1.82) is 0 Å². The molecule has 8 atom stereocenters. The fourth-order valence-corrected chi connectivity index (χ4v) is 6.84. The predicted molar refractivity (Wildman–Crippen MR) is 92.7 cm³/mol. The van der Waals surface area contributed by atoms with Crippen LogP contribution in [0.5, 0.6) is 0 Å². The van der Waals surface area contributed by atoms with Gasteiger partial charge in [-0.05, 0) is 36.3 Å². The van der Waals surface area contributed by atoms with E-state index in [0.29, 0.717) is 35.9 Å². The van der Waals surface area contributed by atoms with Crippen molar-refractivity contribution in [2.75, 3.05) is 11.9 Å².